The molecule has 5 heteroatoms. The molecule has 1 aliphatic rings. The van der Waals surface area contributed by atoms with E-state index in [0.717, 1.165) is 6.42 Å². The van der Waals surface area contributed by atoms with Gasteiger partial charge in [0.2, 0.25) is 0 Å². The highest BCUT2D eigenvalue weighted by molar-refractivity contribution is 4.72. The molecule has 0 bridgehead atoms. The number of hydrogen-bond acceptors (Lipinski definition) is 3. The van der Waals surface area contributed by atoms with Crippen LogP contribution in [0.2, 0.25) is 0 Å². The first-order valence-electron chi connectivity index (χ1n) is 4.82. The second-order valence-corrected chi connectivity index (χ2v) is 3.45. The van der Waals surface area contributed by atoms with Gasteiger partial charge in [-0.3, -0.25) is 0 Å². The third-order valence-corrected chi connectivity index (χ3v) is 2.31. The largest absolute Gasteiger partial charge is 0.393 e. The van der Waals surface area contributed by atoms with E-state index in [4.69, 9.17) is 4.74 Å². The SMILES string of the molecule is OC(CCOCC(F)F)C1CCOC1. The maximum Gasteiger partial charge on any atom is 0.261 e. The Bertz CT molecular complexity index is 149. The van der Waals surface area contributed by atoms with Crippen LogP contribution in [0.4, 0.5) is 8.78 Å². The number of aliphatic hydroxyl groups is 1. The Morgan fingerprint density at radius 2 is 2.29 bits per heavy atom. The van der Waals surface area contributed by atoms with Gasteiger partial charge in [0.1, 0.15) is 6.61 Å². The lowest BCUT2D eigenvalue weighted by atomic mass is 10.00. The normalized spacial score (nSPS) is 24.4. The van der Waals surface area contributed by atoms with Crippen molar-refractivity contribution in [1.82, 2.24) is 0 Å². The molecule has 0 spiro atoms. The van der Waals surface area contributed by atoms with Crippen LogP contribution in [-0.2, 0) is 9.47 Å². The zero-order valence-electron chi connectivity index (χ0n) is 7.99. The molecule has 2 unspecified atom stereocenters. The zero-order chi connectivity index (χ0) is 10.4. The lowest BCUT2D eigenvalue weighted by molar-refractivity contribution is -0.00355. The first-order chi connectivity index (χ1) is 6.70. The van der Waals surface area contributed by atoms with Crippen LogP contribution in [0.15, 0.2) is 0 Å². The van der Waals surface area contributed by atoms with Crippen molar-refractivity contribution in [3.63, 3.8) is 0 Å². The third kappa shape index (κ3) is 4.30. The van der Waals surface area contributed by atoms with Crippen molar-refractivity contribution >= 4 is 0 Å². The molecule has 0 aromatic rings. The molecule has 1 N–H and O–H groups in total. The molecule has 2 atom stereocenters. The topological polar surface area (TPSA) is 38.7 Å². The molecule has 3 nitrogen and oxygen atoms in total. The summed E-state index contributed by atoms with van der Waals surface area (Å²) >= 11 is 0. The van der Waals surface area contributed by atoms with Crippen molar-refractivity contribution < 1.29 is 23.4 Å². The standard InChI is InChI=1S/C9H16F2O3/c10-9(11)6-14-4-2-8(12)7-1-3-13-5-7/h7-9,12H,1-6H2. The van der Waals surface area contributed by atoms with Gasteiger partial charge in [-0.2, -0.15) is 0 Å². The van der Waals surface area contributed by atoms with Crippen molar-refractivity contribution in [3.05, 3.63) is 0 Å². The number of hydrogen-bond donors (Lipinski definition) is 1. The Morgan fingerprint density at radius 3 is 2.86 bits per heavy atom. The summed E-state index contributed by atoms with van der Waals surface area (Å²) in [5, 5.41) is 9.57. The number of rotatable bonds is 6. The second-order valence-electron chi connectivity index (χ2n) is 3.45. The lowest BCUT2D eigenvalue weighted by Crippen LogP contribution is -2.22. The molecule has 1 aliphatic heterocycles. The Kier molecular flexibility index (Phi) is 5.29. The van der Waals surface area contributed by atoms with Gasteiger partial charge in [0.15, 0.2) is 0 Å². The summed E-state index contributed by atoms with van der Waals surface area (Å²) in [5.74, 6) is 0.144. The van der Waals surface area contributed by atoms with E-state index in [1.807, 2.05) is 0 Å². The van der Waals surface area contributed by atoms with Crippen LogP contribution >= 0.6 is 0 Å². The number of aliphatic hydroxyl groups excluding tert-OH is 1. The van der Waals surface area contributed by atoms with Gasteiger partial charge in [-0.25, -0.2) is 8.78 Å². The van der Waals surface area contributed by atoms with E-state index in [1.165, 1.54) is 0 Å². The first-order valence-corrected chi connectivity index (χ1v) is 4.82. The molecule has 84 valence electrons. The van der Waals surface area contributed by atoms with E-state index >= 15 is 0 Å². The van der Waals surface area contributed by atoms with Gasteiger partial charge in [-0.05, 0) is 12.8 Å². The van der Waals surface area contributed by atoms with Crippen molar-refractivity contribution in [2.45, 2.75) is 25.4 Å². The van der Waals surface area contributed by atoms with Gasteiger partial charge in [-0.15, -0.1) is 0 Å². The molecular formula is C9H16F2O3. The van der Waals surface area contributed by atoms with E-state index in [0.29, 0.717) is 19.6 Å². The highest BCUT2D eigenvalue weighted by atomic mass is 19.3. The fraction of sp³-hybridized carbons (Fsp3) is 1.00. The third-order valence-electron chi connectivity index (χ3n) is 2.31. The average molecular weight is 210 g/mol. The Hall–Kier alpha value is -0.260. The van der Waals surface area contributed by atoms with E-state index in [9.17, 15) is 13.9 Å². The van der Waals surface area contributed by atoms with Gasteiger partial charge in [0.25, 0.3) is 6.43 Å². The lowest BCUT2D eigenvalue weighted by Gasteiger charge is -2.15. The van der Waals surface area contributed by atoms with Crippen molar-refractivity contribution in [1.29, 1.82) is 0 Å². The molecule has 0 saturated carbocycles. The summed E-state index contributed by atoms with van der Waals surface area (Å²) in [6.45, 7) is 0.880. The van der Waals surface area contributed by atoms with Gasteiger partial charge in [0.05, 0.1) is 12.7 Å². The van der Waals surface area contributed by atoms with Gasteiger partial charge < -0.3 is 14.6 Å². The fourth-order valence-corrected chi connectivity index (χ4v) is 1.47. The van der Waals surface area contributed by atoms with E-state index in [1.54, 1.807) is 0 Å². The molecule has 0 aromatic heterocycles. The molecule has 1 rings (SSSR count). The molecular weight excluding hydrogens is 194 g/mol. The maximum absolute atomic E-state index is 11.7. The Morgan fingerprint density at radius 1 is 1.50 bits per heavy atom. The van der Waals surface area contributed by atoms with Crippen LogP contribution in [-0.4, -0.2) is 44.1 Å². The molecule has 0 radical (unpaired) electrons. The Balaban J connectivity index is 1.99. The number of ether oxygens (including phenoxy) is 2. The summed E-state index contributed by atoms with van der Waals surface area (Å²) < 4.78 is 33.1. The minimum Gasteiger partial charge on any atom is -0.393 e. The zero-order valence-corrected chi connectivity index (χ0v) is 7.99. The maximum atomic E-state index is 11.7. The monoisotopic (exact) mass is 210 g/mol. The van der Waals surface area contributed by atoms with Crippen LogP contribution < -0.4 is 0 Å². The summed E-state index contributed by atoms with van der Waals surface area (Å²) in [7, 11) is 0. The molecule has 14 heavy (non-hydrogen) atoms. The molecule has 0 aliphatic carbocycles. The van der Waals surface area contributed by atoms with E-state index in [-0.39, 0.29) is 12.5 Å². The van der Waals surface area contributed by atoms with Crippen LogP contribution in [0.25, 0.3) is 0 Å². The fourth-order valence-electron chi connectivity index (χ4n) is 1.47. The van der Waals surface area contributed by atoms with Crippen molar-refractivity contribution in [3.8, 4) is 0 Å². The predicted octanol–water partition coefficient (Wildman–Crippen LogP) is 1.06. The Labute approximate surface area is 82.0 Å². The highest BCUT2D eigenvalue weighted by Gasteiger charge is 2.23. The summed E-state index contributed by atoms with van der Waals surface area (Å²) in [6.07, 6.45) is -1.67. The molecule has 1 saturated heterocycles. The molecule has 0 amide bonds. The van der Waals surface area contributed by atoms with E-state index < -0.39 is 19.1 Å². The first kappa shape index (κ1) is 11.8. The summed E-state index contributed by atoms with van der Waals surface area (Å²) in [5.41, 5.74) is 0. The molecule has 1 heterocycles. The highest BCUT2D eigenvalue weighted by Crippen LogP contribution is 2.18. The average Bonchev–Trinajstić information content (AvgIpc) is 2.64. The smallest absolute Gasteiger partial charge is 0.261 e. The van der Waals surface area contributed by atoms with Crippen LogP contribution in [0.3, 0.4) is 0 Å². The van der Waals surface area contributed by atoms with Crippen LogP contribution in [0.5, 0.6) is 0 Å². The minimum atomic E-state index is -2.43. The predicted molar refractivity (Wildman–Crippen MR) is 46.4 cm³/mol. The summed E-state index contributed by atoms with van der Waals surface area (Å²) in [6, 6.07) is 0. The van der Waals surface area contributed by atoms with Crippen molar-refractivity contribution in [2.24, 2.45) is 5.92 Å². The second kappa shape index (κ2) is 6.27. The van der Waals surface area contributed by atoms with Gasteiger partial charge in [0, 0.05) is 19.1 Å². The quantitative estimate of drug-likeness (QED) is 0.666. The van der Waals surface area contributed by atoms with Crippen molar-refractivity contribution in [2.75, 3.05) is 26.4 Å². The number of halogens is 2. The van der Waals surface area contributed by atoms with E-state index in [2.05, 4.69) is 4.74 Å². The minimum absolute atomic E-state index is 0.144. The molecule has 0 aromatic carbocycles. The summed E-state index contributed by atoms with van der Waals surface area (Å²) in [4.78, 5) is 0. The van der Waals surface area contributed by atoms with Gasteiger partial charge in [-0.1, -0.05) is 0 Å². The van der Waals surface area contributed by atoms with Gasteiger partial charge >= 0.3 is 0 Å². The molecule has 1 fully saturated rings. The van der Waals surface area contributed by atoms with Crippen LogP contribution in [0.1, 0.15) is 12.8 Å². The number of alkyl halides is 2. The van der Waals surface area contributed by atoms with Crippen LogP contribution in [0, 0.1) is 5.92 Å².